The highest BCUT2D eigenvalue weighted by molar-refractivity contribution is 7.87. The molecule has 0 fully saturated rings. The Balaban J connectivity index is 1.51. The topological polar surface area (TPSA) is 111 Å². The van der Waals surface area contributed by atoms with Crippen LogP contribution < -0.4 is 9.50 Å². The van der Waals surface area contributed by atoms with Gasteiger partial charge in [-0.2, -0.15) is 13.4 Å². The third-order valence-electron chi connectivity index (χ3n) is 4.88. The lowest BCUT2D eigenvalue weighted by molar-refractivity contribution is 0.102. The highest BCUT2D eigenvalue weighted by atomic mass is 32.2. The Bertz CT molecular complexity index is 1430. The van der Waals surface area contributed by atoms with E-state index in [2.05, 4.69) is 15.5 Å². The first-order valence-corrected chi connectivity index (χ1v) is 11.5. The molecule has 0 aliphatic rings. The van der Waals surface area contributed by atoms with Gasteiger partial charge in [-0.25, -0.2) is 0 Å². The molecule has 0 unspecified atom stereocenters. The largest absolute Gasteiger partial charge is 0.379 e. The smallest absolute Gasteiger partial charge is 0.339 e. The van der Waals surface area contributed by atoms with Crippen molar-refractivity contribution < 1.29 is 21.9 Å². The Labute approximate surface area is 191 Å². The van der Waals surface area contributed by atoms with Crippen LogP contribution in [0.25, 0.3) is 11.4 Å². The van der Waals surface area contributed by atoms with Gasteiger partial charge in [0.05, 0.1) is 5.69 Å². The summed E-state index contributed by atoms with van der Waals surface area (Å²) in [6, 6.07) is 18.1. The molecule has 0 saturated heterocycles. The van der Waals surface area contributed by atoms with Crippen molar-refractivity contribution in [1.29, 1.82) is 0 Å². The van der Waals surface area contributed by atoms with Gasteiger partial charge >= 0.3 is 10.1 Å². The van der Waals surface area contributed by atoms with Crippen molar-refractivity contribution in [1.82, 2.24) is 10.1 Å². The molecule has 0 saturated carbocycles. The maximum atomic E-state index is 12.8. The lowest BCUT2D eigenvalue weighted by Gasteiger charge is -2.11. The number of aromatic nitrogens is 2. The number of nitrogens with zero attached hydrogens (tertiary/aromatic N) is 2. The van der Waals surface area contributed by atoms with Crippen LogP contribution in [0, 0.1) is 20.8 Å². The Kier molecular flexibility index (Phi) is 5.97. The van der Waals surface area contributed by atoms with Crippen LogP contribution in [0.4, 0.5) is 5.69 Å². The fourth-order valence-electron chi connectivity index (χ4n) is 3.20. The number of aryl methyl sites for hydroxylation is 3. The first-order chi connectivity index (χ1) is 15.7. The molecule has 8 nitrogen and oxygen atoms in total. The van der Waals surface area contributed by atoms with E-state index in [1.807, 2.05) is 13.0 Å². The van der Waals surface area contributed by atoms with Crippen molar-refractivity contribution in [3.05, 3.63) is 89.3 Å². The van der Waals surface area contributed by atoms with Crippen LogP contribution >= 0.6 is 0 Å². The third-order valence-corrected chi connectivity index (χ3v) is 6.27. The Hall–Kier alpha value is -3.98. The van der Waals surface area contributed by atoms with E-state index in [1.54, 1.807) is 50.2 Å². The second-order valence-electron chi connectivity index (χ2n) is 7.47. The molecular weight excluding hydrogens is 442 g/mol. The van der Waals surface area contributed by atoms with E-state index in [0.29, 0.717) is 34.1 Å². The Morgan fingerprint density at radius 3 is 2.39 bits per heavy atom. The summed E-state index contributed by atoms with van der Waals surface area (Å²) in [6.07, 6.45) is 0. The van der Waals surface area contributed by atoms with Crippen molar-refractivity contribution in [2.75, 3.05) is 5.32 Å². The van der Waals surface area contributed by atoms with E-state index < -0.39 is 10.1 Å². The summed E-state index contributed by atoms with van der Waals surface area (Å²) in [4.78, 5) is 17.1. The molecule has 0 aliphatic carbocycles. The van der Waals surface area contributed by atoms with E-state index in [0.717, 1.165) is 5.56 Å². The summed E-state index contributed by atoms with van der Waals surface area (Å²) in [6.45, 7) is 5.20. The number of benzene rings is 3. The molecule has 0 spiro atoms. The Morgan fingerprint density at radius 2 is 1.70 bits per heavy atom. The summed E-state index contributed by atoms with van der Waals surface area (Å²) in [5.74, 6) is 0.503. The highest BCUT2D eigenvalue weighted by Crippen LogP contribution is 2.27. The predicted molar refractivity (Wildman–Crippen MR) is 123 cm³/mol. The maximum absolute atomic E-state index is 12.8. The van der Waals surface area contributed by atoms with Crippen LogP contribution in [0.1, 0.15) is 27.4 Å². The summed E-state index contributed by atoms with van der Waals surface area (Å²) < 4.78 is 35.7. The number of anilines is 1. The van der Waals surface area contributed by atoms with Crippen molar-refractivity contribution in [2.45, 2.75) is 25.7 Å². The number of rotatable bonds is 6. The molecule has 0 atom stereocenters. The fourth-order valence-corrected chi connectivity index (χ4v) is 4.45. The van der Waals surface area contributed by atoms with Crippen molar-refractivity contribution in [3.8, 4) is 17.1 Å². The van der Waals surface area contributed by atoms with Crippen LogP contribution in [0.5, 0.6) is 5.75 Å². The minimum Gasteiger partial charge on any atom is -0.379 e. The first-order valence-electron chi connectivity index (χ1n) is 10.1. The van der Waals surface area contributed by atoms with E-state index in [-0.39, 0.29) is 16.6 Å². The highest BCUT2D eigenvalue weighted by Gasteiger charge is 2.20. The number of carbonyl (C=O) groups excluding carboxylic acids is 1. The van der Waals surface area contributed by atoms with Gasteiger partial charge in [-0.15, -0.1) is 0 Å². The molecule has 9 heteroatoms. The second kappa shape index (κ2) is 8.87. The van der Waals surface area contributed by atoms with E-state index in [1.165, 1.54) is 24.3 Å². The molecular formula is C24H21N3O5S. The molecule has 1 N–H and O–H groups in total. The van der Waals surface area contributed by atoms with Gasteiger partial charge in [-0.3, -0.25) is 4.79 Å². The van der Waals surface area contributed by atoms with Crippen LogP contribution in [-0.4, -0.2) is 24.5 Å². The number of carbonyl (C=O) groups is 1. The standard InChI is InChI=1S/C24H21N3O5S/c1-15-8-9-16(2)22(14-15)33(29,30)32-19-12-10-18(11-13-19)24(28)26-21-7-5-4-6-20(21)23-25-17(3)31-27-23/h4-14H,1-3H3,(H,26,28). The zero-order valence-electron chi connectivity index (χ0n) is 18.2. The average Bonchev–Trinajstić information content (AvgIpc) is 3.22. The lowest BCUT2D eigenvalue weighted by Crippen LogP contribution is -2.14. The Morgan fingerprint density at radius 1 is 0.970 bits per heavy atom. The molecule has 1 heterocycles. The minimum atomic E-state index is -4.01. The normalized spacial score (nSPS) is 11.2. The van der Waals surface area contributed by atoms with Gasteiger partial charge in [0.1, 0.15) is 10.6 Å². The van der Waals surface area contributed by atoms with Crippen LogP contribution in [0.15, 0.2) is 76.1 Å². The van der Waals surface area contributed by atoms with Crippen molar-refractivity contribution in [2.24, 2.45) is 0 Å². The average molecular weight is 464 g/mol. The molecule has 4 aromatic rings. The molecule has 3 aromatic carbocycles. The van der Waals surface area contributed by atoms with Crippen LogP contribution in [0.2, 0.25) is 0 Å². The lowest BCUT2D eigenvalue weighted by atomic mass is 10.1. The van der Waals surface area contributed by atoms with E-state index >= 15 is 0 Å². The van der Waals surface area contributed by atoms with E-state index in [4.69, 9.17) is 8.71 Å². The van der Waals surface area contributed by atoms with Crippen molar-refractivity contribution >= 4 is 21.7 Å². The molecule has 4 rings (SSSR count). The number of hydrogen-bond acceptors (Lipinski definition) is 7. The first kappa shape index (κ1) is 22.2. The second-order valence-corrected chi connectivity index (χ2v) is 8.98. The molecule has 0 aliphatic heterocycles. The van der Waals surface area contributed by atoms with E-state index in [9.17, 15) is 13.2 Å². The van der Waals surface area contributed by atoms with Gasteiger partial charge in [-0.05, 0) is 67.4 Å². The molecule has 1 amide bonds. The summed E-state index contributed by atoms with van der Waals surface area (Å²) in [5.41, 5.74) is 2.85. The SMILES string of the molecule is Cc1ccc(C)c(S(=O)(=O)Oc2ccc(C(=O)Nc3ccccc3-c3noc(C)n3)cc2)c1. The zero-order chi connectivity index (χ0) is 23.6. The molecule has 33 heavy (non-hydrogen) atoms. The van der Waals surface area contributed by atoms with Gasteiger partial charge < -0.3 is 14.0 Å². The van der Waals surface area contributed by atoms with Gasteiger partial charge in [0.15, 0.2) is 0 Å². The zero-order valence-corrected chi connectivity index (χ0v) is 19.0. The van der Waals surface area contributed by atoms with Gasteiger partial charge in [0.25, 0.3) is 5.91 Å². The number of nitrogens with one attached hydrogen (secondary N) is 1. The quantitative estimate of drug-likeness (QED) is 0.413. The number of para-hydroxylation sites is 1. The summed E-state index contributed by atoms with van der Waals surface area (Å²) in [5, 5.41) is 6.72. The third kappa shape index (κ3) is 4.93. The maximum Gasteiger partial charge on any atom is 0.339 e. The molecule has 1 aromatic heterocycles. The van der Waals surface area contributed by atoms with Gasteiger partial charge in [0.2, 0.25) is 11.7 Å². The molecule has 168 valence electrons. The van der Waals surface area contributed by atoms with Crippen LogP contribution in [0.3, 0.4) is 0 Å². The van der Waals surface area contributed by atoms with Crippen molar-refractivity contribution in [3.63, 3.8) is 0 Å². The minimum absolute atomic E-state index is 0.107. The number of amides is 1. The number of hydrogen-bond donors (Lipinski definition) is 1. The predicted octanol–water partition coefficient (Wildman–Crippen LogP) is 4.68. The fraction of sp³-hybridized carbons (Fsp3) is 0.125. The van der Waals surface area contributed by atoms with Gasteiger partial charge in [0, 0.05) is 18.1 Å². The molecule has 0 bridgehead atoms. The molecule has 0 radical (unpaired) electrons. The summed E-state index contributed by atoms with van der Waals surface area (Å²) in [7, 11) is -4.01. The summed E-state index contributed by atoms with van der Waals surface area (Å²) >= 11 is 0. The monoisotopic (exact) mass is 463 g/mol. The van der Waals surface area contributed by atoms with Gasteiger partial charge in [-0.1, -0.05) is 29.4 Å². The van der Waals surface area contributed by atoms with Crippen LogP contribution in [-0.2, 0) is 10.1 Å².